The van der Waals surface area contributed by atoms with E-state index in [1.165, 1.54) is 6.07 Å². The molecule has 0 aliphatic carbocycles. The molecule has 0 atom stereocenters. The Bertz CT molecular complexity index is 777. The second-order valence-electron chi connectivity index (χ2n) is 6.90. The van der Waals surface area contributed by atoms with Gasteiger partial charge in [0.15, 0.2) is 0 Å². The number of carbonyl (C=O) groups is 1. The highest BCUT2D eigenvalue weighted by molar-refractivity contribution is 5.87. The Hall–Kier alpha value is -2.24. The molecule has 2 aromatic rings. The number of halogens is 3. The van der Waals surface area contributed by atoms with Gasteiger partial charge in [0.2, 0.25) is 5.91 Å². The first-order valence-corrected chi connectivity index (χ1v) is 8.22. The third-order valence-electron chi connectivity index (χ3n) is 4.76. The molecule has 2 heterocycles. The van der Waals surface area contributed by atoms with Gasteiger partial charge in [-0.05, 0) is 38.0 Å². The predicted octanol–water partition coefficient (Wildman–Crippen LogP) is 4.55. The first-order valence-electron chi connectivity index (χ1n) is 8.22. The van der Waals surface area contributed by atoms with E-state index < -0.39 is 17.2 Å². The Balaban J connectivity index is 1.88. The Kier molecular flexibility index (Phi) is 4.39. The standard InChI is InChI=1S/C19H20F3NO2/c1-18(2,14-5-3-6-15(11-14)19(20,21)22)17(24)23-9-4-7-16-13(12-23)8-10-25-16/h3,5-6,8,10-11H,4,7,9,12H2,1-2H3. The van der Waals surface area contributed by atoms with Crippen molar-refractivity contribution in [2.75, 3.05) is 6.54 Å². The topological polar surface area (TPSA) is 33.5 Å². The van der Waals surface area contributed by atoms with Crippen molar-refractivity contribution < 1.29 is 22.4 Å². The van der Waals surface area contributed by atoms with Crippen molar-refractivity contribution in [2.45, 2.75) is 44.8 Å². The summed E-state index contributed by atoms with van der Waals surface area (Å²) in [5.74, 6) is 0.702. The zero-order valence-electron chi connectivity index (χ0n) is 14.2. The number of fused-ring (bicyclic) bond motifs is 1. The number of carbonyl (C=O) groups excluding carboxylic acids is 1. The van der Waals surface area contributed by atoms with Crippen LogP contribution in [0.2, 0.25) is 0 Å². The Labute approximate surface area is 144 Å². The number of hydrogen-bond donors (Lipinski definition) is 0. The van der Waals surface area contributed by atoms with Gasteiger partial charge in [-0.2, -0.15) is 13.2 Å². The minimum Gasteiger partial charge on any atom is -0.469 e. The number of benzene rings is 1. The third kappa shape index (κ3) is 3.43. The molecule has 1 aromatic carbocycles. The maximum absolute atomic E-state index is 13.1. The lowest BCUT2D eigenvalue weighted by Crippen LogP contribution is -2.43. The zero-order valence-corrected chi connectivity index (χ0v) is 14.2. The lowest BCUT2D eigenvalue weighted by molar-refractivity contribution is -0.139. The average Bonchev–Trinajstić information content (AvgIpc) is 2.90. The van der Waals surface area contributed by atoms with Crippen LogP contribution in [0.4, 0.5) is 13.2 Å². The van der Waals surface area contributed by atoms with Crippen LogP contribution in [0, 0.1) is 0 Å². The maximum Gasteiger partial charge on any atom is 0.416 e. The number of aryl methyl sites for hydroxylation is 1. The van der Waals surface area contributed by atoms with Crippen molar-refractivity contribution in [1.82, 2.24) is 4.90 Å². The van der Waals surface area contributed by atoms with Crippen LogP contribution >= 0.6 is 0 Å². The summed E-state index contributed by atoms with van der Waals surface area (Å²) in [5.41, 5.74) is -0.455. The van der Waals surface area contributed by atoms with Crippen molar-refractivity contribution in [2.24, 2.45) is 0 Å². The highest BCUT2D eigenvalue weighted by atomic mass is 19.4. The molecule has 134 valence electrons. The quantitative estimate of drug-likeness (QED) is 0.795. The van der Waals surface area contributed by atoms with Crippen LogP contribution in [0.3, 0.4) is 0 Å². The number of nitrogens with zero attached hydrogens (tertiary/aromatic N) is 1. The average molecular weight is 351 g/mol. The van der Waals surface area contributed by atoms with Crippen LogP contribution in [0.5, 0.6) is 0 Å². The van der Waals surface area contributed by atoms with Gasteiger partial charge in [-0.1, -0.05) is 18.2 Å². The van der Waals surface area contributed by atoms with Gasteiger partial charge in [0.25, 0.3) is 0 Å². The number of hydrogen-bond acceptors (Lipinski definition) is 2. The van der Waals surface area contributed by atoms with Gasteiger partial charge >= 0.3 is 6.18 Å². The van der Waals surface area contributed by atoms with Crippen LogP contribution in [-0.4, -0.2) is 17.4 Å². The smallest absolute Gasteiger partial charge is 0.416 e. The fourth-order valence-corrected chi connectivity index (χ4v) is 3.22. The van der Waals surface area contributed by atoms with E-state index in [1.807, 2.05) is 6.07 Å². The monoisotopic (exact) mass is 351 g/mol. The molecule has 0 fully saturated rings. The maximum atomic E-state index is 13.1. The Morgan fingerprint density at radius 3 is 2.60 bits per heavy atom. The summed E-state index contributed by atoms with van der Waals surface area (Å²) in [6.45, 7) is 4.33. The van der Waals surface area contributed by atoms with Crippen LogP contribution in [0.15, 0.2) is 41.0 Å². The summed E-state index contributed by atoms with van der Waals surface area (Å²) in [6, 6.07) is 6.86. The summed E-state index contributed by atoms with van der Waals surface area (Å²) >= 11 is 0. The lowest BCUT2D eigenvalue weighted by atomic mass is 9.82. The number of amides is 1. The molecule has 1 amide bonds. The van der Waals surface area contributed by atoms with Crippen LogP contribution in [0.1, 0.15) is 42.7 Å². The molecule has 3 rings (SSSR count). The van der Waals surface area contributed by atoms with Crippen molar-refractivity contribution in [3.8, 4) is 0 Å². The van der Waals surface area contributed by atoms with E-state index in [2.05, 4.69) is 0 Å². The van der Waals surface area contributed by atoms with Gasteiger partial charge in [0.05, 0.1) is 17.2 Å². The molecule has 1 aliphatic heterocycles. The summed E-state index contributed by atoms with van der Waals surface area (Å²) < 4.78 is 44.4. The molecule has 0 N–H and O–H groups in total. The number of alkyl halides is 3. The Morgan fingerprint density at radius 2 is 1.88 bits per heavy atom. The van der Waals surface area contributed by atoms with E-state index in [0.29, 0.717) is 18.7 Å². The molecular formula is C19H20F3NO2. The van der Waals surface area contributed by atoms with Gasteiger partial charge in [-0.15, -0.1) is 0 Å². The van der Waals surface area contributed by atoms with Gasteiger partial charge in [0, 0.05) is 25.1 Å². The van der Waals surface area contributed by atoms with Gasteiger partial charge < -0.3 is 9.32 Å². The summed E-state index contributed by atoms with van der Waals surface area (Å²) in [5, 5.41) is 0. The fourth-order valence-electron chi connectivity index (χ4n) is 3.22. The highest BCUT2D eigenvalue weighted by Crippen LogP contribution is 2.34. The zero-order chi connectivity index (χ0) is 18.2. The van der Waals surface area contributed by atoms with Crippen LogP contribution in [0.25, 0.3) is 0 Å². The molecule has 25 heavy (non-hydrogen) atoms. The molecular weight excluding hydrogens is 331 g/mol. The van der Waals surface area contributed by atoms with E-state index in [4.69, 9.17) is 4.42 Å². The minimum atomic E-state index is -4.43. The Morgan fingerprint density at radius 1 is 1.16 bits per heavy atom. The SMILES string of the molecule is CC(C)(C(=O)N1CCCc2occc2C1)c1cccc(C(F)(F)F)c1. The van der Waals surface area contributed by atoms with Crippen LogP contribution in [-0.2, 0) is 29.4 Å². The predicted molar refractivity (Wildman–Crippen MR) is 86.9 cm³/mol. The summed E-state index contributed by atoms with van der Waals surface area (Å²) in [6.07, 6.45) is -1.29. The number of rotatable bonds is 2. The van der Waals surface area contributed by atoms with Gasteiger partial charge in [-0.3, -0.25) is 4.79 Å². The van der Waals surface area contributed by atoms with Crippen molar-refractivity contribution >= 4 is 5.91 Å². The molecule has 0 saturated heterocycles. The largest absolute Gasteiger partial charge is 0.469 e. The van der Waals surface area contributed by atoms with Crippen molar-refractivity contribution in [3.05, 3.63) is 59.0 Å². The molecule has 0 spiro atoms. The first-order chi connectivity index (χ1) is 11.7. The molecule has 0 unspecified atom stereocenters. The van der Waals surface area contributed by atoms with E-state index >= 15 is 0 Å². The van der Waals surface area contributed by atoms with E-state index in [1.54, 1.807) is 31.1 Å². The second kappa shape index (κ2) is 6.24. The van der Waals surface area contributed by atoms with Gasteiger partial charge in [0.1, 0.15) is 5.76 Å². The van der Waals surface area contributed by atoms with E-state index in [9.17, 15) is 18.0 Å². The fraction of sp³-hybridized carbons (Fsp3) is 0.421. The molecule has 0 saturated carbocycles. The minimum absolute atomic E-state index is 0.180. The van der Waals surface area contributed by atoms with Gasteiger partial charge in [-0.25, -0.2) is 0 Å². The third-order valence-corrected chi connectivity index (χ3v) is 4.76. The molecule has 3 nitrogen and oxygen atoms in total. The molecule has 0 radical (unpaired) electrons. The van der Waals surface area contributed by atoms with Crippen molar-refractivity contribution in [1.29, 1.82) is 0 Å². The molecule has 1 aliphatic rings. The summed E-state index contributed by atoms with van der Waals surface area (Å²) in [7, 11) is 0. The highest BCUT2D eigenvalue weighted by Gasteiger charge is 2.37. The summed E-state index contributed by atoms with van der Waals surface area (Å²) in [4.78, 5) is 14.8. The molecule has 0 bridgehead atoms. The van der Waals surface area contributed by atoms with E-state index in [0.717, 1.165) is 36.3 Å². The first kappa shape index (κ1) is 17.6. The molecule has 6 heteroatoms. The second-order valence-corrected chi connectivity index (χ2v) is 6.90. The normalized spacial score (nSPS) is 15.6. The van der Waals surface area contributed by atoms with Crippen molar-refractivity contribution in [3.63, 3.8) is 0 Å². The lowest BCUT2D eigenvalue weighted by Gasteiger charge is -2.32. The number of furan rings is 1. The molecule has 1 aromatic heterocycles. The van der Waals surface area contributed by atoms with E-state index in [-0.39, 0.29) is 5.91 Å². The van der Waals surface area contributed by atoms with Crippen LogP contribution < -0.4 is 0 Å².